The number of aliphatic hydroxyl groups excluding tert-OH is 1. The van der Waals surface area contributed by atoms with Crippen LogP contribution < -0.4 is 0 Å². The van der Waals surface area contributed by atoms with Crippen LogP contribution in [-0.2, 0) is 13.5 Å². The van der Waals surface area contributed by atoms with Crippen molar-refractivity contribution in [3.8, 4) is 0 Å². The van der Waals surface area contributed by atoms with Crippen molar-refractivity contribution in [1.82, 2.24) is 9.78 Å². The topological polar surface area (TPSA) is 38.1 Å². The third-order valence-corrected chi connectivity index (χ3v) is 3.09. The van der Waals surface area contributed by atoms with Gasteiger partial charge in [0.1, 0.15) is 0 Å². The zero-order chi connectivity index (χ0) is 12.1. The molecule has 1 aromatic heterocycles. The Bertz CT molecular complexity index is 355. The standard InChI is InChI=1S/C13H22N2O/c1-5-6-7-12(16)8-9-13-10(2)14-15(4)11(13)3/h5,12,16H,1,6-9H2,2-4H3. The lowest BCUT2D eigenvalue weighted by Gasteiger charge is -2.09. The van der Waals surface area contributed by atoms with E-state index in [4.69, 9.17) is 0 Å². The van der Waals surface area contributed by atoms with Gasteiger partial charge in [-0.2, -0.15) is 5.10 Å². The lowest BCUT2D eigenvalue weighted by molar-refractivity contribution is 0.156. The maximum Gasteiger partial charge on any atom is 0.0628 e. The number of aryl methyl sites for hydroxylation is 2. The first-order chi connectivity index (χ1) is 7.56. The molecule has 1 aromatic rings. The summed E-state index contributed by atoms with van der Waals surface area (Å²) in [6, 6.07) is 0. The molecule has 0 aliphatic carbocycles. The average Bonchev–Trinajstić information content (AvgIpc) is 2.48. The second-order valence-corrected chi connectivity index (χ2v) is 4.33. The highest BCUT2D eigenvalue weighted by Gasteiger charge is 2.11. The molecular weight excluding hydrogens is 200 g/mol. The predicted octanol–water partition coefficient (Wildman–Crippen LogP) is 2.30. The van der Waals surface area contributed by atoms with Gasteiger partial charge in [0, 0.05) is 12.7 Å². The molecule has 1 N–H and O–H groups in total. The van der Waals surface area contributed by atoms with Gasteiger partial charge in [-0.1, -0.05) is 6.08 Å². The van der Waals surface area contributed by atoms with Gasteiger partial charge in [0.25, 0.3) is 0 Å². The molecule has 0 radical (unpaired) electrons. The van der Waals surface area contributed by atoms with Crippen LogP contribution in [0.15, 0.2) is 12.7 Å². The molecule has 1 unspecified atom stereocenters. The van der Waals surface area contributed by atoms with E-state index in [-0.39, 0.29) is 6.10 Å². The quantitative estimate of drug-likeness (QED) is 0.750. The van der Waals surface area contributed by atoms with Crippen LogP contribution in [0.5, 0.6) is 0 Å². The number of nitrogens with zero attached hydrogens (tertiary/aromatic N) is 2. The fraction of sp³-hybridized carbons (Fsp3) is 0.615. The van der Waals surface area contributed by atoms with Crippen molar-refractivity contribution in [2.24, 2.45) is 7.05 Å². The van der Waals surface area contributed by atoms with E-state index in [0.717, 1.165) is 31.4 Å². The van der Waals surface area contributed by atoms with Gasteiger partial charge in [-0.25, -0.2) is 0 Å². The fourth-order valence-electron chi connectivity index (χ4n) is 1.94. The molecular formula is C13H22N2O. The molecule has 3 nitrogen and oxygen atoms in total. The van der Waals surface area contributed by atoms with Gasteiger partial charge >= 0.3 is 0 Å². The average molecular weight is 222 g/mol. The molecule has 0 bridgehead atoms. The molecule has 0 saturated carbocycles. The molecule has 0 aliphatic heterocycles. The third-order valence-electron chi connectivity index (χ3n) is 3.09. The van der Waals surface area contributed by atoms with Gasteiger partial charge < -0.3 is 5.11 Å². The lowest BCUT2D eigenvalue weighted by Crippen LogP contribution is -2.08. The fourth-order valence-corrected chi connectivity index (χ4v) is 1.94. The van der Waals surface area contributed by atoms with E-state index in [1.165, 1.54) is 11.3 Å². The van der Waals surface area contributed by atoms with E-state index in [1.807, 2.05) is 24.7 Å². The van der Waals surface area contributed by atoms with Crippen molar-refractivity contribution in [1.29, 1.82) is 0 Å². The molecule has 90 valence electrons. The van der Waals surface area contributed by atoms with Crippen LogP contribution in [0.4, 0.5) is 0 Å². The Balaban J connectivity index is 2.51. The summed E-state index contributed by atoms with van der Waals surface area (Å²) in [5.74, 6) is 0. The number of aliphatic hydroxyl groups is 1. The Morgan fingerprint density at radius 1 is 1.44 bits per heavy atom. The maximum atomic E-state index is 9.76. The number of allylic oxidation sites excluding steroid dienone is 1. The summed E-state index contributed by atoms with van der Waals surface area (Å²) in [7, 11) is 1.96. The minimum Gasteiger partial charge on any atom is -0.393 e. The Labute approximate surface area is 97.8 Å². The van der Waals surface area contributed by atoms with E-state index in [2.05, 4.69) is 18.6 Å². The number of hydrogen-bond acceptors (Lipinski definition) is 2. The van der Waals surface area contributed by atoms with Crippen molar-refractivity contribution in [2.75, 3.05) is 0 Å². The second-order valence-electron chi connectivity index (χ2n) is 4.33. The summed E-state index contributed by atoms with van der Waals surface area (Å²) in [4.78, 5) is 0. The summed E-state index contributed by atoms with van der Waals surface area (Å²) in [5, 5.41) is 14.1. The summed E-state index contributed by atoms with van der Waals surface area (Å²) in [6.07, 6.45) is 5.03. The van der Waals surface area contributed by atoms with Crippen LogP contribution in [0.1, 0.15) is 36.2 Å². The Hall–Kier alpha value is -1.09. The molecule has 0 spiro atoms. The Kier molecular flexibility index (Phi) is 4.74. The maximum absolute atomic E-state index is 9.76. The highest BCUT2D eigenvalue weighted by atomic mass is 16.3. The predicted molar refractivity (Wildman–Crippen MR) is 66.4 cm³/mol. The number of rotatable bonds is 6. The lowest BCUT2D eigenvalue weighted by atomic mass is 10.0. The molecule has 0 saturated heterocycles. The van der Waals surface area contributed by atoms with Gasteiger partial charge in [0.2, 0.25) is 0 Å². The Morgan fingerprint density at radius 3 is 2.62 bits per heavy atom. The van der Waals surface area contributed by atoms with E-state index < -0.39 is 0 Å². The van der Waals surface area contributed by atoms with E-state index in [9.17, 15) is 5.11 Å². The second kappa shape index (κ2) is 5.85. The largest absolute Gasteiger partial charge is 0.393 e. The van der Waals surface area contributed by atoms with Crippen molar-refractivity contribution < 1.29 is 5.11 Å². The molecule has 0 aromatic carbocycles. The molecule has 0 fully saturated rings. The normalized spacial score (nSPS) is 12.8. The van der Waals surface area contributed by atoms with Crippen molar-refractivity contribution in [3.63, 3.8) is 0 Å². The molecule has 1 heterocycles. The molecule has 1 rings (SSSR count). The highest BCUT2D eigenvalue weighted by Crippen LogP contribution is 2.16. The van der Waals surface area contributed by atoms with Crippen LogP contribution in [0.25, 0.3) is 0 Å². The summed E-state index contributed by atoms with van der Waals surface area (Å²) in [6.45, 7) is 7.76. The minimum absolute atomic E-state index is 0.225. The Morgan fingerprint density at radius 2 is 2.12 bits per heavy atom. The van der Waals surface area contributed by atoms with Crippen LogP contribution >= 0.6 is 0 Å². The first-order valence-corrected chi connectivity index (χ1v) is 5.84. The number of hydrogen-bond donors (Lipinski definition) is 1. The van der Waals surface area contributed by atoms with Crippen LogP contribution in [0.3, 0.4) is 0 Å². The van der Waals surface area contributed by atoms with Crippen LogP contribution in [-0.4, -0.2) is 21.0 Å². The van der Waals surface area contributed by atoms with Gasteiger partial charge in [0.05, 0.1) is 11.8 Å². The first-order valence-electron chi connectivity index (χ1n) is 5.84. The zero-order valence-corrected chi connectivity index (χ0v) is 10.5. The van der Waals surface area contributed by atoms with Gasteiger partial charge in [-0.05, 0) is 45.1 Å². The molecule has 1 atom stereocenters. The summed E-state index contributed by atoms with van der Waals surface area (Å²) in [5.41, 5.74) is 3.56. The van der Waals surface area contributed by atoms with Crippen LogP contribution in [0.2, 0.25) is 0 Å². The van der Waals surface area contributed by atoms with Crippen molar-refractivity contribution >= 4 is 0 Å². The summed E-state index contributed by atoms with van der Waals surface area (Å²) < 4.78 is 1.90. The first kappa shape index (κ1) is 13.0. The summed E-state index contributed by atoms with van der Waals surface area (Å²) >= 11 is 0. The van der Waals surface area contributed by atoms with Gasteiger partial charge in [0.15, 0.2) is 0 Å². The van der Waals surface area contributed by atoms with Gasteiger partial charge in [-0.3, -0.25) is 4.68 Å². The highest BCUT2D eigenvalue weighted by molar-refractivity contribution is 5.24. The van der Waals surface area contributed by atoms with Crippen molar-refractivity contribution in [2.45, 2.75) is 45.6 Å². The van der Waals surface area contributed by atoms with Gasteiger partial charge in [-0.15, -0.1) is 6.58 Å². The molecule has 3 heteroatoms. The van der Waals surface area contributed by atoms with E-state index in [0.29, 0.717) is 0 Å². The molecule has 0 amide bonds. The minimum atomic E-state index is -0.225. The zero-order valence-electron chi connectivity index (χ0n) is 10.5. The number of aromatic nitrogens is 2. The smallest absolute Gasteiger partial charge is 0.0628 e. The monoisotopic (exact) mass is 222 g/mol. The molecule has 16 heavy (non-hydrogen) atoms. The SMILES string of the molecule is C=CCCC(O)CCc1c(C)nn(C)c1C. The third kappa shape index (κ3) is 3.20. The molecule has 0 aliphatic rings. The van der Waals surface area contributed by atoms with Crippen LogP contribution in [0, 0.1) is 13.8 Å². The van der Waals surface area contributed by atoms with E-state index in [1.54, 1.807) is 0 Å². The van der Waals surface area contributed by atoms with Crippen molar-refractivity contribution in [3.05, 3.63) is 29.6 Å². The van der Waals surface area contributed by atoms with E-state index >= 15 is 0 Å².